The molecular weight excluding hydrogens is 264 g/mol. The van der Waals surface area contributed by atoms with Crippen LogP contribution in [0, 0.1) is 6.92 Å². The van der Waals surface area contributed by atoms with Crippen LogP contribution in [0.4, 0.5) is 0 Å². The predicted octanol–water partition coefficient (Wildman–Crippen LogP) is 1.60. The largest absolute Gasteiger partial charge is 0.445 e. The molecule has 2 heterocycles. The molecule has 1 N–H and O–H groups in total. The van der Waals surface area contributed by atoms with Crippen LogP contribution < -0.4 is 5.32 Å². The first-order chi connectivity index (χ1) is 9.06. The highest BCUT2D eigenvalue weighted by molar-refractivity contribution is 7.91. The summed E-state index contributed by atoms with van der Waals surface area (Å²) < 4.78 is 29.4. The number of rotatable bonds is 3. The summed E-state index contributed by atoms with van der Waals surface area (Å²) in [6.45, 7) is 2.24. The van der Waals surface area contributed by atoms with Crippen LogP contribution in [-0.4, -0.2) is 19.2 Å². The smallest absolute Gasteiger partial charge is 0.208 e. The van der Waals surface area contributed by atoms with Crippen molar-refractivity contribution in [3.63, 3.8) is 0 Å². The minimum Gasteiger partial charge on any atom is -0.445 e. The van der Waals surface area contributed by atoms with Gasteiger partial charge in [-0.1, -0.05) is 18.2 Å². The van der Waals surface area contributed by atoms with E-state index in [0.29, 0.717) is 17.3 Å². The molecule has 1 aromatic carbocycles. The van der Waals surface area contributed by atoms with Crippen molar-refractivity contribution in [3.8, 4) is 0 Å². The van der Waals surface area contributed by atoms with E-state index < -0.39 is 9.84 Å². The summed E-state index contributed by atoms with van der Waals surface area (Å²) in [5.41, 5.74) is 0.825. The van der Waals surface area contributed by atoms with Gasteiger partial charge in [-0.3, -0.25) is 0 Å². The third-order valence-electron chi connectivity index (χ3n) is 3.18. The van der Waals surface area contributed by atoms with Gasteiger partial charge in [-0.25, -0.2) is 13.4 Å². The van der Waals surface area contributed by atoms with E-state index in [1.54, 1.807) is 18.3 Å². The molecule has 1 aliphatic heterocycles. The number of sulfone groups is 1. The van der Waals surface area contributed by atoms with Crippen molar-refractivity contribution in [2.45, 2.75) is 24.4 Å². The Morgan fingerprint density at radius 1 is 1.42 bits per heavy atom. The Balaban J connectivity index is 1.80. The normalized spacial score (nSPS) is 20.4. The van der Waals surface area contributed by atoms with Crippen LogP contribution in [0.2, 0.25) is 0 Å². The van der Waals surface area contributed by atoms with Gasteiger partial charge in [0.2, 0.25) is 5.89 Å². The van der Waals surface area contributed by atoms with Crippen LogP contribution in [0.25, 0.3) is 0 Å². The minimum absolute atomic E-state index is 0.0893. The number of hydrogen-bond acceptors (Lipinski definition) is 5. The predicted molar refractivity (Wildman–Crippen MR) is 69.3 cm³/mol. The van der Waals surface area contributed by atoms with Crippen molar-refractivity contribution < 1.29 is 12.8 Å². The third kappa shape index (κ3) is 2.29. The highest BCUT2D eigenvalue weighted by Gasteiger charge is 2.34. The Bertz CT molecular complexity index is 706. The molecular formula is C13H14N2O3S. The Kier molecular flexibility index (Phi) is 2.91. The first kappa shape index (κ1) is 12.4. The maximum Gasteiger partial charge on any atom is 0.208 e. The molecule has 1 unspecified atom stereocenters. The van der Waals surface area contributed by atoms with Crippen molar-refractivity contribution in [1.29, 1.82) is 0 Å². The number of aryl methyl sites for hydroxylation is 1. The molecule has 0 saturated carbocycles. The Morgan fingerprint density at radius 3 is 2.95 bits per heavy atom. The lowest BCUT2D eigenvalue weighted by Crippen LogP contribution is -2.22. The van der Waals surface area contributed by atoms with Crippen LogP contribution in [-0.2, 0) is 16.4 Å². The first-order valence-corrected chi connectivity index (χ1v) is 7.68. The van der Waals surface area contributed by atoms with Crippen LogP contribution >= 0.6 is 0 Å². The molecule has 0 fully saturated rings. The van der Waals surface area contributed by atoms with Gasteiger partial charge in [-0.05, 0) is 18.6 Å². The molecule has 6 heteroatoms. The molecule has 19 heavy (non-hydrogen) atoms. The summed E-state index contributed by atoms with van der Waals surface area (Å²) in [5.74, 6) is 1.40. The number of nitrogens with one attached hydrogen (secondary N) is 1. The second-order valence-electron chi connectivity index (χ2n) is 4.62. The maximum atomic E-state index is 12.0. The fourth-order valence-corrected chi connectivity index (χ4v) is 4.08. The van der Waals surface area contributed by atoms with Gasteiger partial charge in [0.05, 0.1) is 23.4 Å². The molecule has 0 radical (unpaired) electrons. The highest BCUT2D eigenvalue weighted by Crippen LogP contribution is 2.33. The van der Waals surface area contributed by atoms with Gasteiger partial charge in [0.25, 0.3) is 0 Å². The average molecular weight is 278 g/mol. The standard InChI is InChI=1S/C13H14N2O3S/c1-9-6-15-13(18-9)7-14-11-8-19(16,17)12-5-3-2-4-10(11)12/h2-6,11,14H,7-8H2,1H3. The number of oxazole rings is 1. The van der Waals surface area contributed by atoms with E-state index in [2.05, 4.69) is 10.3 Å². The lowest BCUT2D eigenvalue weighted by atomic mass is 10.1. The molecule has 0 aliphatic carbocycles. The molecule has 2 aromatic rings. The van der Waals surface area contributed by atoms with Crippen LogP contribution in [0.3, 0.4) is 0 Å². The monoisotopic (exact) mass is 278 g/mol. The first-order valence-electron chi connectivity index (χ1n) is 6.02. The zero-order valence-electron chi connectivity index (χ0n) is 10.5. The molecule has 1 atom stereocenters. The van der Waals surface area contributed by atoms with Crippen LogP contribution in [0.1, 0.15) is 23.3 Å². The van der Waals surface area contributed by atoms with E-state index in [1.165, 1.54) is 0 Å². The molecule has 5 nitrogen and oxygen atoms in total. The molecule has 0 saturated heterocycles. The molecule has 0 amide bonds. The van der Waals surface area contributed by atoms with E-state index in [4.69, 9.17) is 4.42 Å². The van der Waals surface area contributed by atoms with Gasteiger partial charge < -0.3 is 9.73 Å². The molecule has 0 bridgehead atoms. The summed E-state index contributed by atoms with van der Waals surface area (Å²) in [5, 5.41) is 3.19. The van der Waals surface area contributed by atoms with Crippen LogP contribution in [0.5, 0.6) is 0 Å². The molecule has 0 spiro atoms. The number of benzene rings is 1. The van der Waals surface area contributed by atoms with E-state index in [-0.39, 0.29) is 11.8 Å². The van der Waals surface area contributed by atoms with Crippen molar-refractivity contribution in [3.05, 3.63) is 47.7 Å². The van der Waals surface area contributed by atoms with Gasteiger partial charge in [-0.15, -0.1) is 0 Å². The fraction of sp³-hybridized carbons (Fsp3) is 0.308. The van der Waals surface area contributed by atoms with Gasteiger partial charge in [0.15, 0.2) is 9.84 Å². The van der Waals surface area contributed by atoms with E-state index in [1.807, 2.05) is 19.1 Å². The Labute approximate surface area is 111 Å². The number of hydrogen-bond donors (Lipinski definition) is 1. The zero-order valence-corrected chi connectivity index (χ0v) is 11.3. The second kappa shape index (κ2) is 4.47. The number of nitrogens with zero attached hydrogens (tertiary/aromatic N) is 1. The zero-order chi connectivity index (χ0) is 13.5. The average Bonchev–Trinajstić information content (AvgIpc) is 2.90. The lowest BCUT2D eigenvalue weighted by molar-refractivity contribution is 0.433. The van der Waals surface area contributed by atoms with E-state index in [0.717, 1.165) is 11.3 Å². The van der Waals surface area contributed by atoms with Gasteiger partial charge >= 0.3 is 0 Å². The Hall–Kier alpha value is -1.66. The summed E-state index contributed by atoms with van der Waals surface area (Å²) in [6, 6.07) is 6.90. The highest BCUT2D eigenvalue weighted by atomic mass is 32.2. The molecule has 3 rings (SSSR count). The number of aromatic nitrogens is 1. The number of fused-ring (bicyclic) bond motifs is 1. The summed E-state index contributed by atoms with van der Waals surface area (Å²) in [6.07, 6.45) is 1.65. The quantitative estimate of drug-likeness (QED) is 0.923. The van der Waals surface area contributed by atoms with Gasteiger partial charge in [0.1, 0.15) is 5.76 Å². The van der Waals surface area contributed by atoms with E-state index in [9.17, 15) is 8.42 Å². The van der Waals surface area contributed by atoms with Gasteiger partial charge in [-0.2, -0.15) is 0 Å². The Morgan fingerprint density at radius 2 is 2.21 bits per heavy atom. The van der Waals surface area contributed by atoms with E-state index >= 15 is 0 Å². The summed E-state index contributed by atoms with van der Waals surface area (Å²) in [4.78, 5) is 4.52. The SMILES string of the molecule is Cc1cnc(CNC2CS(=O)(=O)c3ccccc32)o1. The third-order valence-corrected chi connectivity index (χ3v) is 5.00. The summed E-state index contributed by atoms with van der Waals surface area (Å²) >= 11 is 0. The lowest BCUT2D eigenvalue weighted by Gasteiger charge is -2.10. The van der Waals surface area contributed by atoms with Crippen LogP contribution in [0.15, 0.2) is 39.8 Å². The van der Waals surface area contributed by atoms with Crippen molar-refractivity contribution in [2.75, 3.05) is 5.75 Å². The van der Waals surface area contributed by atoms with Crippen molar-refractivity contribution in [1.82, 2.24) is 10.3 Å². The van der Waals surface area contributed by atoms with Crippen molar-refractivity contribution in [2.24, 2.45) is 0 Å². The molecule has 100 valence electrons. The van der Waals surface area contributed by atoms with Gasteiger partial charge in [0, 0.05) is 6.04 Å². The maximum absolute atomic E-state index is 12.0. The molecule has 1 aromatic heterocycles. The topological polar surface area (TPSA) is 72.2 Å². The fourth-order valence-electron chi connectivity index (χ4n) is 2.31. The molecule has 1 aliphatic rings. The second-order valence-corrected chi connectivity index (χ2v) is 6.62. The summed E-state index contributed by atoms with van der Waals surface area (Å²) in [7, 11) is -3.17. The minimum atomic E-state index is -3.17. The van der Waals surface area contributed by atoms with Crippen molar-refractivity contribution >= 4 is 9.84 Å².